The minimum Gasteiger partial charge on any atom is -0.358 e. The van der Waals surface area contributed by atoms with E-state index in [1.165, 1.54) is 22.5 Å². The number of sulfonamides is 1. The highest BCUT2D eigenvalue weighted by molar-refractivity contribution is 7.91. The Hall–Kier alpha value is -1.41. The highest BCUT2D eigenvalue weighted by Gasteiger charge is 2.31. The number of fused-ring (bicyclic) bond motifs is 3. The molecule has 8 heteroatoms. The number of hydrogen-bond donors (Lipinski definition) is 1. The quantitative estimate of drug-likeness (QED) is 0.746. The molecule has 1 N–H and O–H groups in total. The zero-order valence-corrected chi connectivity index (χ0v) is 14.2. The van der Waals surface area contributed by atoms with E-state index in [2.05, 4.69) is 4.98 Å². The Kier molecular flexibility index (Phi) is 3.49. The summed E-state index contributed by atoms with van der Waals surface area (Å²) in [7, 11) is -3.58. The van der Waals surface area contributed by atoms with Gasteiger partial charge in [-0.2, -0.15) is 4.31 Å². The smallest absolute Gasteiger partial charge is 0.252 e. The molecule has 0 fully saturated rings. The average molecular weight is 371 g/mol. The first-order valence-electron chi connectivity index (χ1n) is 6.99. The molecule has 0 saturated carbocycles. The van der Waals surface area contributed by atoms with Gasteiger partial charge in [0.1, 0.15) is 10.0 Å². The molecule has 4 nitrogen and oxygen atoms in total. The molecule has 0 amide bonds. The minimum atomic E-state index is -3.58. The highest BCUT2D eigenvalue weighted by atomic mass is 35.5. The van der Waals surface area contributed by atoms with Gasteiger partial charge in [-0.25, -0.2) is 12.8 Å². The zero-order chi connectivity index (χ0) is 16.2. The Bertz CT molecular complexity index is 1010. The van der Waals surface area contributed by atoms with Crippen LogP contribution in [0.4, 0.5) is 4.39 Å². The third-order valence-electron chi connectivity index (χ3n) is 4.04. The second-order valence-electron chi connectivity index (χ2n) is 5.42. The summed E-state index contributed by atoms with van der Waals surface area (Å²) in [6, 6.07) is 7.62. The van der Waals surface area contributed by atoms with Crippen LogP contribution >= 0.6 is 22.9 Å². The van der Waals surface area contributed by atoms with Gasteiger partial charge in [-0.1, -0.05) is 11.6 Å². The van der Waals surface area contributed by atoms with Crippen LogP contribution in [-0.2, 0) is 23.0 Å². The lowest BCUT2D eigenvalue weighted by molar-refractivity contribution is 0.392. The number of nitrogens with zero attached hydrogens (tertiary/aromatic N) is 1. The van der Waals surface area contributed by atoms with Gasteiger partial charge in [-0.3, -0.25) is 0 Å². The topological polar surface area (TPSA) is 53.2 Å². The molecule has 0 saturated heterocycles. The van der Waals surface area contributed by atoms with Gasteiger partial charge < -0.3 is 4.98 Å². The van der Waals surface area contributed by atoms with Crippen molar-refractivity contribution in [2.45, 2.75) is 17.2 Å². The highest BCUT2D eigenvalue weighted by Crippen LogP contribution is 2.33. The fourth-order valence-electron chi connectivity index (χ4n) is 2.93. The van der Waals surface area contributed by atoms with Gasteiger partial charge in [-0.05, 0) is 35.9 Å². The van der Waals surface area contributed by atoms with E-state index in [-0.39, 0.29) is 16.6 Å². The van der Waals surface area contributed by atoms with Crippen molar-refractivity contribution in [2.24, 2.45) is 0 Å². The lowest BCUT2D eigenvalue weighted by atomic mass is 10.1. The fourth-order valence-corrected chi connectivity index (χ4v) is 5.98. The van der Waals surface area contributed by atoms with Crippen LogP contribution in [0, 0.1) is 5.82 Å². The summed E-state index contributed by atoms with van der Waals surface area (Å²) in [5.41, 5.74) is 2.65. The second kappa shape index (κ2) is 5.31. The Morgan fingerprint density at radius 2 is 2.09 bits per heavy atom. The van der Waals surface area contributed by atoms with Crippen molar-refractivity contribution < 1.29 is 12.8 Å². The van der Waals surface area contributed by atoms with Crippen molar-refractivity contribution in [1.29, 1.82) is 0 Å². The average Bonchev–Trinajstić information content (AvgIpc) is 3.10. The van der Waals surface area contributed by atoms with Crippen LogP contribution in [-0.4, -0.2) is 24.3 Å². The molecule has 1 aliphatic heterocycles. The predicted molar refractivity (Wildman–Crippen MR) is 88.9 cm³/mol. The van der Waals surface area contributed by atoms with E-state index in [0.717, 1.165) is 33.5 Å². The molecule has 1 aliphatic rings. The molecular formula is C15H12ClFN2O2S2. The largest absolute Gasteiger partial charge is 0.358 e. The number of aromatic amines is 1. The molecule has 1 aromatic carbocycles. The molecule has 0 radical (unpaired) electrons. The molecule has 3 aromatic rings. The number of rotatable bonds is 2. The molecule has 0 unspecified atom stereocenters. The van der Waals surface area contributed by atoms with Crippen molar-refractivity contribution in [3.05, 3.63) is 51.7 Å². The van der Waals surface area contributed by atoms with Gasteiger partial charge in [-0.15, -0.1) is 11.3 Å². The number of thiophene rings is 1. The van der Waals surface area contributed by atoms with Crippen LogP contribution in [0.5, 0.6) is 0 Å². The van der Waals surface area contributed by atoms with E-state index in [4.69, 9.17) is 11.6 Å². The van der Waals surface area contributed by atoms with Crippen LogP contribution in [0.2, 0.25) is 4.34 Å². The maximum Gasteiger partial charge on any atom is 0.252 e. The molecule has 0 atom stereocenters. The Labute approximate surface area is 141 Å². The molecule has 4 rings (SSSR count). The molecule has 23 heavy (non-hydrogen) atoms. The number of hydrogen-bond acceptors (Lipinski definition) is 3. The normalized spacial score (nSPS) is 15.9. The van der Waals surface area contributed by atoms with Gasteiger partial charge in [0.05, 0.1) is 4.34 Å². The second-order valence-corrected chi connectivity index (χ2v) is 9.30. The number of benzene rings is 1. The minimum absolute atomic E-state index is 0.233. The molecule has 0 spiro atoms. The van der Waals surface area contributed by atoms with Crippen molar-refractivity contribution in [1.82, 2.24) is 9.29 Å². The Balaban J connectivity index is 1.76. The number of halogens is 2. The first kappa shape index (κ1) is 15.1. The van der Waals surface area contributed by atoms with Gasteiger partial charge in [0.2, 0.25) is 0 Å². The van der Waals surface area contributed by atoms with E-state index in [1.807, 2.05) is 0 Å². The summed E-state index contributed by atoms with van der Waals surface area (Å²) in [5.74, 6) is -0.329. The molecule has 2 aromatic heterocycles. The van der Waals surface area contributed by atoms with Gasteiger partial charge in [0.15, 0.2) is 0 Å². The summed E-state index contributed by atoms with van der Waals surface area (Å²) >= 11 is 6.90. The summed E-state index contributed by atoms with van der Waals surface area (Å²) in [6.07, 6.45) is 0.573. The molecular weight excluding hydrogens is 359 g/mol. The van der Waals surface area contributed by atoms with Crippen molar-refractivity contribution in [3.8, 4) is 0 Å². The first-order chi connectivity index (χ1) is 10.9. The fraction of sp³-hybridized carbons (Fsp3) is 0.200. The lowest BCUT2D eigenvalue weighted by Crippen LogP contribution is -2.35. The van der Waals surface area contributed by atoms with Gasteiger partial charge >= 0.3 is 0 Å². The Morgan fingerprint density at radius 3 is 2.83 bits per heavy atom. The SMILES string of the molecule is O=S(=O)(c1ccc(Cl)s1)N1CCc2[nH]c3ccc(F)cc3c2C1. The van der Waals surface area contributed by atoms with Crippen LogP contribution in [0.1, 0.15) is 11.3 Å². The van der Waals surface area contributed by atoms with E-state index in [0.29, 0.717) is 17.3 Å². The number of nitrogens with one attached hydrogen (secondary N) is 1. The molecule has 3 heterocycles. The maximum absolute atomic E-state index is 13.5. The van der Waals surface area contributed by atoms with Crippen LogP contribution in [0.3, 0.4) is 0 Å². The molecule has 0 bridgehead atoms. The van der Waals surface area contributed by atoms with Crippen molar-refractivity contribution in [2.75, 3.05) is 6.54 Å². The third kappa shape index (κ3) is 2.48. The summed E-state index contributed by atoms with van der Waals surface area (Å²) in [5, 5.41) is 0.740. The number of H-pyrrole nitrogens is 1. The lowest BCUT2D eigenvalue weighted by Gasteiger charge is -2.25. The monoisotopic (exact) mass is 370 g/mol. The summed E-state index contributed by atoms with van der Waals surface area (Å²) < 4.78 is 41.1. The van der Waals surface area contributed by atoms with E-state index >= 15 is 0 Å². The van der Waals surface area contributed by atoms with E-state index in [1.54, 1.807) is 12.1 Å². The summed E-state index contributed by atoms with van der Waals surface area (Å²) in [4.78, 5) is 3.25. The maximum atomic E-state index is 13.5. The molecule has 120 valence electrons. The predicted octanol–water partition coefficient (Wildman–Crippen LogP) is 3.77. The molecule has 0 aliphatic carbocycles. The van der Waals surface area contributed by atoms with Crippen molar-refractivity contribution >= 4 is 43.9 Å². The first-order valence-corrected chi connectivity index (χ1v) is 9.63. The third-order valence-corrected chi connectivity index (χ3v) is 7.59. The van der Waals surface area contributed by atoms with Crippen molar-refractivity contribution in [3.63, 3.8) is 0 Å². The number of aromatic nitrogens is 1. The van der Waals surface area contributed by atoms with Gasteiger partial charge in [0.25, 0.3) is 10.0 Å². The van der Waals surface area contributed by atoms with Crippen LogP contribution in [0.15, 0.2) is 34.5 Å². The van der Waals surface area contributed by atoms with Crippen LogP contribution < -0.4 is 0 Å². The summed E-state index contributed by atoms with van der Waals surface area (Å²) in [6.45, 7) is 0.622. The zero-order valence-electron chi connectivity index (χ0n) is 11.8. The van der Waals surface area contributed by atoms with E-state index < -0.39 is 10.0 Å². The standard InChI is InChI=1S/C15H12ClFN2O2S2/c16-14-3-4-15(22-14)23(20,21)19-6-5-13-11(8-19)10-7-9(17)1-2-12(10)18-13/h1-4,7,18H,5-6,8H2. The van der Waals surface area contributed by atoms with E-state index in [9.17, 15) is 12.8 Å². The Morgan fingerprint density at radius 1 is 1.26 bits per heavy atom. The van der Waals surface area contributed by atoms with Gasteiger partial charge in [0, 0.05) is 36.1 Å². The van der Waals surface area contributed by atoms with Crippen LogP contribution in [0.25, 0.3) is 10.9 Å².